The fourth-order valence-electron chi connectivity index (χ4n) is 2.59. The number of rotatable bonds is 8. The van der Waals surface area contributed by atoms with E-state index in [1.54, 1.807) is 36.4 Å². The second-order valence-electron chi connectivity index (χ2n) is 5.79. The summed E-state index contributed by atoms with van der Waals surface area (Å²) >= 11 is 0. The smallest absolute Gasteiger partial charge is 0.252 e. The average molecular weight is 324 g/mol. The summed E-state index contributed by atoms with van der Waals surface area (Å²) in [5.41, 5.74) is 7.12. The summed E-state index contributed by atoms with van der Waals surface area (Å²) in [6.07, 6.45) is 2.90. The molecule has 3 N–H and O–H groups in total. The molecule has 0 bridgehead atoms. The Morgan fingerprint density at radius 3 is 2.25 bits per heavy atom. The highest BCUT2D eigenvalue weighted by atomic mass is 16.2. The summed E-state index contributed by atoms with van der Waals surface area (Å²) < 4.78 is 0. The third-order valence-corrected chi connectivity index (χ3v) is 3.98. The molecule has 1 amide bonds. The largest absolute Gasteiger partial charge is 0.348 e. The van der Waals surface area contributed by atoms with Gasteiger partial charge in [0.2, 0.25) is 0 Å². The van der Waals surface area contributed by atoms with Crippen LogP contribution >= 0.6 is 0 Å². The first kappa shape index (κ1) is 17.9. The van der Waals surface area contributed by atoms with Gasteiger partial charge in [0, 0.05) is 23.7 Å². The Balaban J connectivity index is 2.22. The zero-order valence-electron chi connectivity index (χ0n) is 14.0. The van der Waals surface area contributed by atoms with Crippen LogP contribution in [-0.4, -0.2) is 24.3 Å². The molecular formula is C20H24N2O2. The Kier molecular flexibility index (Phi) is 6.70. The fourth-order valence-corrected chi connectivity index (χ4v) is 2.59. The van der Waals surface area contributed by atoms with E-state index in [-0.39, 0.29) is 17.7 Å². The monoisotopic (exact) mass is 324 g/mol. The van der Waals surface area contributed by atoms with Crippen molar-refractivity contribution in [2.75, 3.05) is 6.54 Å². The minimum Gasteiger partial charge on any atom is -0.348 e. The molecule has 0 heterocycles. The number of nitrogens with two attached hydrogens (primary N) is 1. The molecule has 1 atom stereocenters. The Labute approximate surface area is 143 Å². The summed E-state index contributed by atoms with van der Waals surface area (Å²) in [6, 6.07) is 15.8. The Bertz CT molecular complexity index is 683. The van der Waals surface area contributed by atoms with Gasteiger partial charge in [-0.25, -0.2) is 0 Å². The Hall–Kier alpha value is -2.46. The van der Waals surface area contributed by atoms with E-state index in [1.807, 2.05) is 18.2 Å². The van der Waals surface area contributed by atoms with E-state index in [2.05, 4.69) is 12.2 Å². The minimum absolute atomic E-state index is 0.0719. The maximum atomic E-state index is 12.7. The van der Waals surface area contributed by atoms with E-state index in [4.69, 9.17) is 5.73 Å². The van der Waals surface area contributed by atoms with Crippen LogP contribution in [0.2, 0.25) is 0 Å². The number of hydrogen-bond acceptors (Lipinski definition) is 3. The quantitative estimate of drug-likeness (QED) is 0.733. The van der Waals surface area contributed by atoms with Crippen molar-refractivity contribution in [3.63, 3.8) is 0 Å². The van der Waals surface area contributed by atoms with Gasteiger partial charge in [-0.2, -0.15) is 0 Å². The van der Waals surface area contributed by atoms with E-state index in [9.17, 15) is 9.59 Å². The number of ketones is 1. The van der Waals surface area contributed by atoms with Crippen LogP contribution in [0.3, 0.4) is 0 Å². The van der Waals surface area contributed by atoms with Gasteiger partial charge in [0.15, 0.2) is 5.78 Å². The topological polar surface area (TPSA) is 72.2 Å². The molecule has 0 saturated heterocycles. The molecule has 0 aliphatic heterocycles. The van der Waals surface area contributed by atoms with Crippen LogP contribution in [0.4, 0.5) is 0 Å². The molecule has 0 aromatic heterocycles. The van der Waals surface area contributed by atoms with Crippen molar-refractivity contribution in [3.05, 3.63) is 71.3 Å². The molecular weight excluding hydrogens is 300 g/mol. The number of carbonyl (C=O) groups excluding carboxylic acids is 2. The highest BCUT2D eigenvalue weighted by Crippen LogP contribution is 2.15. The summed E-state index contributed by atoms with van der Waals surface area (Å²) in [6.45, 7) is 2.49. The summed E-state index contributed by atoms with van der Waals surface area (Å²) in [4.78, 5) is 25.3. The van der Waals surface area contributed by atoms with Gasteiger partial charge in [-0.15, -0.1) is 0 Å². The Morgan fingerprint density at radius 2 is 1.62 bits per heavy atom. The van der Waals surface area contributed by atoms with E-state index >= 15 is 0 Å². The molecule has 0 aliphatic carbocycles. The van der Waals surface area contributed by atoms with Crippen LogP contribution in [-0.2, 0) is 0 Å². The van der Waals surface area contributed by atoms with Gasteiger partial charge < -0.3 is 11.1 Å². The molecule has 4 nitrogen and oxygen atoms in total. The van der Waals surface area contributed by atoms with Crippen molar-refractivity contribution in [2.45, 2.75) is 32.2 Å². The van der Waals surface area contributed by atoms with Gasteiger partial charge in [0.25, 0.3) is 5.91 Å². The number of nitrogens with one attached hydrogen (secondary N) is 1. The standard InChI is InChI=1S/C20H24N2O2/c1-2-3-11-16(14-21)22-20(24)18-13-8-7-12-17(18)19(23)15-9-5-4-6-10-15/h4-10,12-13,16H,2-3,11,14,21H2,1H3,(H,22,24). The van der Waals surface area contributed by atoms with Crippen molar-refractivity contribution in [1.82, 2.24) is 5.32 Å². The van der Waals surface area contributed by atoms with Gasteiger partial charge in [0.1, 0.15) is 0 Å². The molecule has 1 unspecified atom stereocenters. The molecule has 4 heteroatoms. The lowest BCUT2D eigenvalue weighted by molar-refractivity contribution is 0.0926. The van der Waals surface area contributed by atoms with E-state index in [0.717, 1.165) is 19.3 Å². The lowest BCUT2D eigenvalue weighted by Gasteiger charge is -2.17. The molecule has 0 radical (unpaired) electrons. The second kappa shape index (κ2) is 8.99. The van der Waals surface area contributed by atoms with Crippen LogP contribution in [0, 0.1) is 0 Å². The summed E-state index contributed by atoms with van der Waals surface area (Å²) in [7, 11) is 0. The normalized spacial score (nSPS) is 11.8. The van der Waals surface area contributed by atoms with Gasteiger partial charge in [-0.05, 0) is 12.5 Å². The van der Waals surface area contributed by atoms with Gasteiger partial charge >= 0.3 is 0 Å². The first-order valence-electron chi connectivity index (χ1n) is 8.37. The molecule has 0 fully saturated rings. The average Bonchev–Trinajstić information content (AvgIpc) is 2.65. The first-order valence-corrected chi connectivity index (χ1v) is 8.37. The van der Waals surface area contributed by atoms with Crippen molar-refractivity contribution >= 4 is 11.7 Å². The lowest BCUT2D eigenvalue weighted by Crippen LogP contribution is -2.40. The van der Waals surface area contributed by atoms with E-state index in [0.29, 0.717) is 23.2 Å². The number of benzene rings is 2. The Morgan fingerprint density at radius 1 is 1.00 bits per heavy atom. The molecule has 0 aliphatic rings. The third kappa shape index (κ3) is 4.52. The molecule has 2 aromatic rings. The molecule has 126 valence electrons. The van der Waals surface area contributed by atoms with Crippen LogP contribution in [0.5, 0.6) is 0 Å². The summed E-state index contributed by atoms with van der Waals surface area (Å²) in [5, 5.41) is 2.95. The van der Waals surface area contributed by atoms with Crippen LogP contribution in [0.15, 0.2) is 54.6 Å². The molecule has 2 aromatic carbocycles. The molecule has 0 saturated carbocycles. The van der Waals surface area contributed by atoms with Gasteiger partial charge in [0.05, 0.1) is 5.56 Å². The van der Waals surface area contributed by atoms with Crippen molar-refractivity contribution in [2.24, 2.45) is 5.73 Å². The SMILES string of the molecule is CCCCC(CN)NC(=O)c1ccccc1C(=O)c1ccccc1. The van der Waals surface area contributed by atoms with Crippen molar-refractivity contribution in [1.29, 1.82) is 0 Å². The first-order chi connectivity index (χ1) is 11.7. The lowest BCUT2D eigenvalue weighted by atomic mass is 9.97. The number of hydrogen-bond donors (Lipinski definition) is 2. The van der Waals surface area contributed by atoms with Crippen LogP contribution in [0.25, 0.3) is 0 Å². The minimum atomic E-state index is -0.249. The third-order valence-electron chi connectivity index (χ3n) is 3.98. The zero-order chi connectivity index (χ0) is 17.4. The van der Waals surface area contributed by atoms with Gasteiger partial charge in [-0.3, -0.25) is 9.59 Å². The number of carbonyl (C=O) groups is 2. The summed E-state index contributed by atoms with van der Waals surface area (Å²) in [5.74, 6) is -0.402. The maximum Gasteiger partial charge on any atom is 0.252 e. The molecule has 2 rings (SSSR count). The highest BCUT2D eigenvalue weighted by Gasteiger charge is 2.19. The fraction of sp³-hybridized carbons (Fsp3) is 0.300. The van der Waals surface area contributed by atoms with Crippen LogP contribution in [0.1, 0.15) is 52.5 Å². The number of amides is 1. The predicted octanol–water partition coefficient (Wildman–Crippen LogP) is 3.16. The van der Waals surface area contributed by atoms with Crippen molar-refractivity contribution < 1.29 is 9.59 Å². The predicted molar refractivity (Wildman–Crippen MR) is 96.2 cm³/mol. The highest BCUT2D eigenvalue weighted by molar-refractivity contribution is 6.15. The maximum absolute atomic E-state index is 12.7. The molecule has 0 spiro atoms. The van der Waals surface area contributed by atoms with Gasteiger partial charge in [-0.1, -0.05) is 68.3 Å². The molecule has 24 heavy (non-hydrogen) atoms. The van der Waals surface area contributed by atoms with E-state index < -0.39 is 0 Å². The number of unbranched alkanes of at least 4 members (excludes halogenated alkanes) is 1. The zero-order valence-corrected chi connectivity index (χ0v) is 14.0. The van der Waals surface area contributed by atoms with Crippen molar-refractivity contribution in [3.8, 4) is 0 Å². The van der Waals surface area contributed by atoms with Crippen LogP contribution < -0.4 is 11.1 Å². The second-order valence-corrected chi connectivity index (χ2v) is 5.79. The van der Waals surface area contributed by atoms with E-state index in [1.165, 1.54) is 0 Å².